The Kier molecular flexibility index (Phi) is 4.60. The van der Waals surface area contributed by atoms with E-state index < -0.39 is 0 Å². The molecule has 1 saturated heterocycles. The van der Waals surface area contributed by atoms with Crippen molar-refractivity contribution in [3.8, 4) is 0 Å². The van der Waals surface area contributed by atoms with Crippen LogP contribution >= 0.6 is 11.3 Å². The molecule has 1 fully saturated rings. The number of pyridine rings is 1. The van der Waals surface area contributed by atoms with Gasteiger partial charge in [-0.05, 0) is 31.4 Å². The summed E-state index contributed by atoms with van der Waals surface area (Å²) >= 11 is 1.69. The normalized spacial score (nSPS) is 18.7. The summed E-state index contributed by atoms with van der Waals surface area (Å²) in [5, 5.41) is 3.18. The first-order valence-electron chi connectivity index (χ1n) is 7.40. The Morgan fingerprint density at radius 1 is 1.33 bits per heavy atom. The summed E-state index contributed by atoms with van der Waals surface area (Å²) in [7, 11) is 0. The molecule has 2 aromatic rings. The number of nitrogens with zero attached hydrogens (tertiary/aromatic N) is 3. The monoisotopic (exact) mass is 301 g/mol. The maximum Gasteiger partial charge on any atom is 0.222 e. The van der Waals surface area contributed by atoms with E-state index in [0.29, 0.717) is 12.3 Å². The lowest BCUT2D eigenvalue weighted by molar-refractivity contribution is -0.132. The number of hydrogen-bond donors (Lipinski definition) is 0. The van der Waals surface area contributed by atoms with Gasteiger partial charge in [-0.15, -0.1) is 11.3 Å². The molecule has 2 aromatic heterocycles. The molecule has 4 nitrogen and oxygen atoms in total. The number of aryl methyl sites for hydroxylation is 1. The molecular formula is C16H19N3OS. The third-order valence-corrected chi connectivity index (χ3v) is 4.83. The van der Waals surface area contributed by atoms with E-state index in [0.717, 1.165) is 43.1 Å². The van der Waals surface area contributed by atoms with Crippen molar-refractivity contribution in [2.75, 3.05) is 13.1 Å². The van der Waals surface area contributed by atoms with Crippen LogP contribution in [0, 0.1) is 0 Å². The predicted molar refractivity (Wildman–Crippen MR) is 83.2 cm³/mol. The van der Waals surface area contributed by atoms with Crippen LogP contribution in [-0.2, 0) is 11.2 Å². The highest BCUT2D eigenvalue weighted by atomic mass is 32.1. The number of thiazole rings is 1. The van der Waals surface area contributed by atoms with Crippen LogP contribution in [0.5, 0.6) is 0 Å². The second-order valence-corrected chi connectivity index (χ2v) is 6.30. The summed E-state index contributed by atoms with van der Waals surface area (Å²) in [5.41, 5.74) is 0.985. The van der Waals surface area contributed by atoms with E-state index in [1.54, 1.807) is 17.5 Å². The van der Waals surface area contributed by atoms with Crippen molar-refractivity contribution in [1.29, 1.82) is 0 Å². The molecule has 0 N–H and O–H groups in total. The molecule has 0 saturated carbocycles. The van der Waals surface area contributed by atoms with Crippen molar-refractivity contribution in [1.82, 2.24) is 14.9 Å². The second-order valence-electron chi connectivity index (χ2n) is 5.37. The van der Waals surface area contributed by atoms with E-state index in [9.17, 15) is 4.79 Å². The van der Waals surface area contributed by atoms with Gasteiger partial charge < -0.3 is 4.90 Å². The Balaban J connectivity index is 1.55. The fourth-order valence-electron chi connectivity index (χ4n) is 2.78. The summed E-state index contributed by atoms with van der Waals surface area (Å²) < 4.78 is 0. The van der Waals surface area contributed by atoms with Gasteiger partial charge in [-0.25, -0.2) is 4.98 Å². The van der Waals surface area contributed by atoms with E-state index in [1.807, 2.05) is 34.7 Å². The summed E-state index contributed by atoms with van der Waals surface area (Å²) in [4.78, 5) is 23.0. The number of amides is 1. The SMILES string of the molecule is O=C(CCc1ccccn1)N1CCC[C@H](c2nccs2)C1. The number of aromatic nitrogens is 2. The lowest BCUT2D eigenvalue weighted by Crippen LogP contribution is -2.39. The smallest absolute Gasteiger partial charge is 0.222 e. The van der Waals surface area contributed by atoms with Gasteiger partial charge in [0.05, 0.1) is 5.01 Å². The molecule has 0 aromatic carbocycles. The van der Waals surface area contributed by atoms with Gasteiger partial charge in [0, 0.05) is 48.9 Å². The van der Waals surface area contributed by atoms with Crippen molar-refractivity contribution in [3.05, 3.63) is 46.7 Å². The Bertz CT molecular complexity index is 570. The Morgan fingerprint density at radius 3 is 3.05 bits per heavy atom. The van der Waals surface area contributed by atoms with Crippen LogP contribution < -0.4 is 0 Å². The number of carbonyl (C=O) groups excluding carboxylic acids is 1. The Morgan fingerprint density at radius 2 is 2.29 bits per heavy atom. The number of likely N-dealkylation sites (tertiary alicyclic amines) is 1. The fourth-order valence-corrected chi connectivity index (χ4v) is 3.55. The summed E-state index contributed by atoms with van der Waals surface area (Å²) in [5.74, 6) is 0.652. The summed E-state index contributed by atoms with van der Waals surface area (Å²) in [6.45, 7) is 1.69. The highest BCUT2D eigenvalue weighted by Crippen LogP contribution is 2.28. The van der Waals surface area contributed by atoms with Gasteiger partial charge in [0.25, 0.3) is 0 Å². The quantitative estimate of drug-likeness (QED) is 0.872. The minimum Gasteiger partial charge on any atom is -0.342 e. The molecule has 1 aliphatic rings. The van der Waals surface area contributed by atoms with Crippen molar-refractivity contribution in [2.24, 2.45) is 0 Å². The minimum absolute atomic E-state index is 0.238. The first kappa shape index (κ1) is 14.2. The lowest BCUT2D eigenvalue weighted by Gasteiger charge is -2.32. The minimum atomic E-state index is 0.238. The van der Waals surface area contributed by atoms with Crippen molar-refractivity contribution in [3.63, 3.8) is 0 Å². The van der Waals surface area contributed by atoms with E-state index in [2.05, 4.69) is 9.97 Å². The average molecular weight is 301 g/mol. The van der Waals surface area contributed by atoms with Crippen molar-refractivity contribution in [2.45, 2.75) is 31.6 Å². The molecule has 1 amide bonds. The molecule has 3 heterocycles. The van der Waals surface area contributed by atoms with Crippen LogP contribution in [0.3, 0.4) is 0 Å². The zero-order valence-electron chi connectivity index (χ0n) is 11.9. The van der Waals surface area contributed by atoms with Crippen molar-refractivity contribution >= 4 is 17.2 Å². The Hall–Kier alpha value is -1.75. The van der Waals surface area contributed by atoms with Crippen LogP contribution in [0.2, 0.25) is 0 Å². The predicted octanol–water partition coefficient (Wildman–Crippen LogP) is 2.88. The van der Waals surface area contributed by atoms with Gasteiger partial charge in [-0.2, -0.15) is 0 Å². The lowest BCUT2D eigenvalue weighted by atomic mass is 9.98. The molecular weight excluding hydrogens is 282 g/mol. The van der Waals surface area contributed by atoms with Crippen LogP contribution in [0.15, 0.2) is 36.0 Å². The van der Waals surface area contributed by atoms with Gasteiger partial charge in [0.1, 0.15) is 0 Å². The maximum absolute atomic E-state index is 12.4. The van der Waals surface area contributed by atoms with Gasteiger partial charge >= 0.3 is 0 Å². The average Bonchev–Trinajstić information content (AvgIpc) is 3.08. The number of rotatable bonds is 4. The van der Waals surface area contributed by atoms with Crippen LogP contribution in [0.1, 0.15) is 35.9 Å². The van der Waals surface area contributed by atoms with Gasteiger partial charge in [-0.3, -0.25) is 9.78 Å². The number of carbonyl (C=O) groups is 1. The molecule has 21 heavy (non-hydrogen) atoms. The molecule has 0 unspecified atom stereocenters. The zero-order valence-corrected chi connectivity index (χ0v) is 12.8. The van der Waals surface area contributed by atoms with E-state index in [4.69, 9.17) is 0 Å². The first-order valence-corrected chi connectivity index (χ1v) is 8.28. The molecule has 0 radical (unpaired) electrons. The third kappa shape index (κ3) is 3.67. The highest BCUT2D eigenvalue weighted by Gasteiger charge is 2.25. The first-order chi connectivity index (χ1) is 10.3. The number of hydrogen-bond acceptors (Lipinski definition) is 4. The van der Waals surface area contributed by atoms with Crippen molar-refractivity contribution < 1.29 is 4.79 Å². The molecule has 0 aliphatic carbocycles. The van der Waals surface area contributed by atoms with E-state index in [1.165, 1.54) is 0 Å². The molecule has 5 heteroatoms. The standard InChI is InChI=1S/C16H19N3OS/c20-15(7-6-14-5-1-2-8-17-14)19-10-3-4-13(12-19)16-18-9-11-21-16/h1-2,5,8-9,11,13H,3-4,6-7,10,12H2/t13-/m0/s1. The molecule has 3 rings (SSSR count). The van der Waals surface area contributed by atoms with Crippen LogP contribution in [0.25, 0.3) is 0 Å². The third-order valence-electron chi connectivity index (χ3n) is 3.90. The van der Waals surface area contributed by atoms with Gasteiger partial charge in [0.15, 0.2) is 0 Å². The topological polar surface area (TPSA) is 46.1 Å². The highest BCUT2D eigenvalue weighted by molar-refractivity contribution is 7.09. The molecule has 110 valence electrons. The molecule has 1 aliphatic heterocycles. The summed E-state index contributed by atoms with van der Waals surface area (Å²) in [6.07, 6.45) is 7.10. The Labute approximate surface area is 128 Å². The molecule has 0 bridgehead atoms. The second kappa shape index (κ2) is 6.80. The largest absolute Gasteiger partial charge is 0.342 e. The van der Waals surface area contributed by atoms with E-state index >= 15 is 0 Å². The van der Waals surface area contributed by atoms with Gasteiger partial charge in [-0.1, -0.05) is 6.07 Å². The zero-order chi connectivity index (χ0) is 14.5. The van der Waals surface area contributed by atoms with Crippen LogP contribution in [0.4, 0.5) is 0 Å². The fraction of sp³-hybridized carbons (Fsp3) is 0.438. The molecule has 0 spiro atoms. The maximum atomic E-state index is 12.4. The summed E-state index contributed by atoms with van der Waals surface area (Å²) in [6, 6.07) is 5.84. The van der Waals surface area contributed by atoms with E-state index in [-0.39, 0.29) is 5.91 Å². The van der Waals surface area contributed by atoms with Gasteiger partial charge in [0.2, 0.25) is 5.91 Å². The van der Waals surface area contributed by atoms with Crippen LogP contribution in [-0.4, -0.2) is 33.9 Å². The number of piperidine rings is 1. The molecule has 1 atom stereocenters.